The van der Waals surface area contributed by atoms with Crippen molar-refractivity contribution < 1.29 is 5.11 Å². The van der Waals surface area contributed by atoms with Crippen molar-refractivity contribution in [2.75, 3.05) is 11.4 Å². The van der Waals surface area contributed by atoms with Gasteiger partial charge in [0.15, 0.2) is 0 Å². The molecule has 0 saturated carbocycles. The van der Waals surface area contributed by atoms with E-state index in [1.807, 2.05) is 25.1 Å². The van der Waals surface area contributed by atoms with Gasteiger partial charge in [-0.25, -0.2) is 0 Å². The maximum absolute atomic E-state index is 9.68. The molecule has 0 radical (unpaired) electrons. The summed E-state index contributed by atoms with van der Waals surface area (Å²) in [7, 11) is 0. The molecular formula is C16H20N2O. The van der Waals surface area contributed by atoms with Gasteiger partial charge >= 0.3 is 0 Å². The lowest BCUT2D eigenvalue weighted by molar-refractivity contribution is 0.475. The third kappa shape index (κ3) is 2.88. The number of benzene rings is 2. The minimum absolute atomic E-state index is 0.286. The van der Waals surface area contributed by atoms with Crippen LogP contribution in [0.1, 0.15) is 18.1 Å². The molecule has 0 unspecified atom stereocenters. The lowest BCUT2D eigenvalue weighted by Crippen LogP contribution is -2.17. The summed E-state index contributed by atoms with van der Waals surface area (Å²) < 4.78 is 0. The number of anilines is 2. The fourth-order valence-corrected chi connectivity index (χ4v) is 2.23. The van der Waals surface area contributed by atoms with E-state index in [1.54, 1.807) is 12.1 Å². The topological polar surface area (TPSA) is 49.5 Å². The van der Waals surface area contributed by atoms with Gasteiger partial charge in [0.05, 0.1) is 0 Å². The van der Waals surface area contributed by atoms with E-state index >= 15 is 0 Å². The van der Waals surface area contributed by atoms with Gasteiger partial charge in [0.25, 0.3) is 0 Å². The van der Waals surface area contributed by atoms with Crippen molar-refractivity contribution in [2.24, 2.45) is 5.73 Å². The van der Waals surface area contributed by atoms with Crippen LogP contribution in [0.5, 0.6) is 5.75 Å². The molecule has 0 aromatic heterocycles. The molecule has 0 aliphatic rings. The molecule has 0 aliphatic heterocycles. The highest BCUT2D eigenvalue weighted by atomic mass is 16.3. The zero-order valence-corrected chi connectivity index (χ0v) is 11.4. The Morgan fingerprint density at radius 2 is 1.95 bits per heavy atom. The zero-order valence-electron chi connectivity index (χ0n) is 11.4. The van der Waals surface area contributed by atoms with Gasteiger partial charge in [0.1, 0.15) is 5.75 Å². The minimum Gasteiger partial charge on any atom is -0.508 e. The number of nitrogens with zero attached hydrogens (tertiary/aromatic N) is 1. The molecule has 0 atom stereocenters. The highest BCUT2D eigenvalue weighted by Crippen LogP contribution is 2.31. The summed E-state index contributed by atoms with van der Waals surface area (Å²) in [6, 6.07) is 13.6. The lowest BCUT2D eigenvalue weighted by atomic mass is 10.1. The monoisotopic (exact) mass is 256 g/mol. The van der Waals surface area contributed by atoms with Crippen LogP contribution in [0.2, 0.25) is 0 Å². The first-order chi connectivity index (χ1) is 9.15. The molecule has 3 heteroatoms. The molecule has 0 bridgehead atoms. The average Bonchev–Trinajstić information content (AvgIpc) is 2.44. The van der Waals surface area contributed by atoms with E-state index < -0.39 is 0 Å². The Balaban J connectivity index is 2.46. The Labute approximate surface area is 114 Å². The Morgan fingerprint density at radius 3 is 2.63 bits per heavy atom. The molecular weight excluding hydrogens is 236 g/mol. The zero-order chi connectivity index (χ0) is 13.8. The molecule has 3 nitrogen and oxygen atoms in total. The van der Waals surface area contributed by atoms with E-state index in [2.05, 4.69) is 24.0 Å². The Hall–Kier alpha value is -2.00. The SMILES string of the molecule is CCN(c1cccc(CN)c1)c1cc(O)ccc1C. The van der Waals surface area contributed by atoms with Gasteiger partial charge < -0.3 is 15.7 Å². The number of rotatable bonds is 4. The normalized spacial score (nSPS) is 10.5. The molecule has 2 aromatic rings. The highest BCUT2D eigenvalue weighted by Gasteiger charge is 2.11. The fraction of sp³-hybridized carbons (Fsp3) is 0.250. The Morgan fingerprint density at radius 1 is 1.16 bits per heavy atom. The summed E-state index contributed by atoms with van der Waals surface area (Å²) in [6.07, 6.45) is 0. The van der Waals surface area contributed by atoms with Gasteiger partial charge in [-0.1, -0.05) is 18.2 Å². The molecule has 0 heterocycles. The van der Waals surface area contributed by atoms with Crippen molar-refractivity contribution in [3.8, 4) is 5.75 Å². The van der Waals surface area contributed by atoms with Crippen LogP contribution in [0.3, 0.4) is 0 Å². The molecule has 0 aliphatic carbocycles. The largest absolute Gasteiger partial charge is 0.508 e. The quantitative estimate of drug-likeness (QED) is 0.882. The number of phenolic OH excluding ortho intramolecular Hbond substituents is 1. The first-order valence-electron chi connectivity index (χ1n) is 6.52. The molecule has 0 saturated heterocycles. The van der Waals surface area contributed by atoms with Crippen LogP contribution in [0.15, 0.2) is 42.5 Å². The van der Waals surface area contributed by atoms with Crippen LogP contribution in [0.25, 0.3) is 0 Å². The second-order valence-electron chi connectivity index (χ2n) is 4.59. The van der Waals surface area contributed by atoms with Crippen molar-refractivity contribution in [1.29, 1.82) is 0 Å². The number of aromatic hydroxyl groups is 1. The molecule has 19 heavy (non-hydrogen) atoms. The maximum Gasteiger partial charge on any atom is 0.117 e. The van der Waals surface area contributed by atoms with Gasteiger partial charge in [-0.2, -0.15) is 0 Å². The molecule has 2 aromatic carbocycles. The van der Waals surface area contributed by atoms with Gasteiger partial charge in [-0.05, 0) is 43.2 Å². The maximum atomic E-state index is 9.68. The molecule has 100 valence electrons. The number of hydrogen-bond acceptors (Lipinski definition) is 3. The van der Waals surface area contributed by atoms with E-state index in [0.717, 1.165) is 29.0 Å². The summed E-state index contributed by atoms with van der Waals surface area (Å²) in [5, 5.41) is 9.68. The van der Waals surface area contributed by atoms with Gasteiger partial charge in [0, 0.05) is 30.5 Å². The first kappa shape index (κ1) is 13.4. The fourth-order valence-electron chi connectivity index (χ4n) is 2.23. The molecule has 3 N–H and O–H groups in total. The predicted octanol–water partition coefficient (Wildman–Crippen LogP) is 3.32. The second-order valence-corrected chi connectivity index (χ2v) is 4.59. The summed E-state index contributed by atoms with van der Waals surface area (Å²) in [5.74, 6) is 0.286. The van der Waals surface area contributed by atoms with Crippen molar-refractivity contribution in [3.63, 3.8) is 0 Å². The molecule has 2 rings (SSSR count). The molecule has 0 spiro atoms. The van der Waals surface area contributed by atoms with E-state index in [-0.39, 0.29) is 5.75 Å². The number of aryl methyl sites for hydroxylation is 1. The van der Waals surface area contributed by atoms with Crippen molar-refractivity contribution >= 4 is 11.4 Å². The molecule has 0 amide bonds. The van der Waals surface area contributed by atoms with Gasteiger partial charge in [-0.15, -0.1) is 0 Å². The minimum atomic E-state index is 0.286. The second kappa shape index (κ2) is 5.76. The van der Waals surface area contributed by atoms with Crippen molar-refractivity contribution in [1.82, 2.24) is 0 Å². The van der Waals surface area contributed by atoms with Crippen molar-refractivity contribution in [2.45, 2.75) is 20.4 Å². The summed E-state index contributed by atoms with van der Waals surface area (Å²) >= 11 is 0. The van der Waals surface area contributed by atoms with Gasteiger partial charge in [-0.3, -0.25) is 0 Å². The number of hydrogen-bond donors (Lipinski definition) is 2. The van der Waals surface area contributed by atoms with Gasteiger partial charge in [0.2, 0.25) is 0 Å². The number of phenols is 1. The van der Waals surface area contributed by atoms with Crippen LogP contribution < -0.4 is 10.6 Å². The number of nitrogens with two attached hydrogens (primary N) is 1. The highest BCUT2D eigenvalue weighted by molar-refractivity contribution is 5.68. The molecule has 0 fully saturated rings. The smallest absolute Gasteiger partial charge is 0.117 e. The third-order valence-corrected chi connectivity index (χ3v) is 3.26. The predicted molar refractivity (Wildman–Crippen MR) is 79.9 cm³/mol. The van der Waals surface area contributed by atoms with Crippen LogP contribution in [0.4, 0.5) is 11.4 Å². The van der Waals surface area contributed by atoms with E-state index in [4.69, 9.17) is 5.73 Å². The summed E-state index contributed by atoms with van der Waals surface area (Å²) in [5.41, 5.74) is 10.1. The Kier molecular flexibility index (Phi) is 4.07. The lowest BCUT2D eigenvalue weighted by Gasteiger charge is -2.25. The van der Waals surface area contributed by atoms with Crippen LogP contribution in [-0.4, -0.2) is 11.7 Å². The standard InChI is InChI=1S/C16H20N2O/c1-3-18(14-6-4-5-13(9-14)11-17)16-10-15(19)8-7-12(16)2/h4-10,19H,3,11,17H2,1-2H3. The van der Waals surface area contributed by atoms with E-state index in [1.165, 1.54) is 0 Å². The summed E-state index contributed by atoms with van der Waals surface area (Å²) in [4.78, 5) is 2.17. The summed E-state index contributed by atoms with van der Waals surface area (Å²) in [6.45, 7) is 5.51. The third-order valence-electron chi connectivity index (χ3n) is 3.26. The van der Waals surface area contributed by atoms with Crippen molar-refractivity contribution in [3.05, 3.63) is 53.6 Å². The van der Waals surface area contributed by atoms with Crippen LogP contribution in [-0.2, 0) is 6.54 Å². The average molecular weight is 256 g/mol. The van der Waals surface area contributed by atoms with Crippen LogP contribution in [0, 0.1) is 6.92 Å². The first-order valence-corrected chi connectivity index (χ1v) is 6.52. The van der Waals surface area contributed by atoms with E-state index in [0.29, 0.717) is 6.54 Å². The van der Waals surface area contributed by atoms with Crippen LogP contribution >= 0.6 is 0 Å². The van der Waals surface area contributed by atoms with E-state index in [9.17, 15) is 5.11 Å². The Bertz CT molecular complexity index is 566.